The Bertz CT molecular complexity index is 1170. The first-order chi connectivity index (χ1) is 14.5. The normalized spacial score (nSPS) is 10.9. The maximum Gasteiger partial charge on any atom is 0.230 e. The number of para-hydroxylation sites is 1. The van der Waals surface area contributed by atoms with Gasteiger partial charge in [0.05, 0.1) is 17.1 Å². The molecule has 2 aromatic carbocycles. The van der Waals surface area contributed by atoms with E-state index in [9.17, 15) is 9.18 Å². The standard InChI is InChI=1S/C20H17FN6OS2/c1-13-7-9-16(10-8-13)27-20(23-24-25-27)30-12-15-11-29-19(22-15)26(14(2)28)18-6-4-3-5-17(18)21/h3-11H,12H2,1-2H3. The topological polar surface area (TPSA) is 76.8 Å². The lowest BCUT2D eigenvalue weighted by molar-refractivity contribution is -0.115. The van der Waals surface area contributed by atoms with Gasteiger partial charge < -0.3 is 0 Å². The summed E-state index contributed by atoms with van der Waals surface area (Å²) in [6.45, 7) is 3.41. The third-order valence-electron chi connectivity index (χ3n) is 4.21. The molecule has 2 aromatic heterocycles. The van der Waals surface area contributed by atoms with E-state index in [1.807, 2.05) is 36.6 Å². The minimum Gasteiger partial charge on any atom is -0.274 e. The maximum atomic E-state index is 14.2. The van der Waals surface area contributed by atoms with Crippen LogP contribution in [0, 0.1) is 12.7 Å². The smallest absolute Gasteiger partial charge is 0.230 e. The molecule has 0 aliphatic rings. The molecule has 4 aromatic rings. The Morgan fingerprint density at radius 2 is 1.97 bits per heavy atom. The predicted molar refractivity (Wildman–Crippen MR) is 115 cm³/mol. The van der Waals surface area contributed by atoms with Gasteiger partial charge in [-0.2, -0.15) is 4.68 Å². The molecule has 0 aliphatic heterocycles. The summed E-state index contributed by atoms with van der Waals surface area (Å²) in [4.78, 5) is 18.0. The number of carbonyl (C=O) groups is 1. The summed E-state index contributed by atoms with van der Waals surface area (Å²) >= 11 is 2.72. The molecule has 0 bridgehead atoms. The van der Waals surface area contributed by atoms with Gasteiger partial charge in [-0.3, -0.25) is 9.69 Å². The molecule has 152 valence electrons. The lowest BCUT2D eigenvalue weighted by Crippen LogP contribution is -2.23. The monoisotopic (exact) mass is 440 g/mol. The lowest BCUT2D eigenvalue weighted by Gasteiger charge is -2.18. The number of anilines is 2. The lowest BCUT2D eigenvalue weighted by atomic mass is 10.2. The van der Waals surface area contributed by atoms with E-state index in [2.05, 4.69) is 20.5 Å². The molecule has 0 saturated carbocycles. The van der Waals surface area contributed by atoms with Gasteiger partial charge in [-0.05, 0) is 41.6 Å². The molecule has 0 saturated heterocycles. The van der Waals surface area contributed by atoms with Crippen LogP contribution in [0.3, 0.4) is 0 Å². The predicted octanol–water partition coefficient (Wildman–Crippen LogP) is 4.54. The molecule has 30 heavy (non-hydrogen) atoms. The molecule has 0 N–H and O–H groups in total. The van der Waals surface area contributed by atoms with Gasteiger partial charge in [0.2, 0.25) is 11.1 Å². The molecule has 0 spiro atoms. The largest absolute Gasteiger partial charge is 0.274 e. The Morgan fingerprint density at radius 1 is 1.20 bits per heavy atom. The van der Waals surface area contributed by atoms with Crippen LogP contribution in [-0.2, 0) is 10.5 Å². The minimum atomic E-state index is -0.476. The van der Waals surface area contributed by atoms with E-state index in [1.54, 1.807) is 22.9 Å². The van der Waals surface area contributed by atoms with Crippen LogP contribution in [0.4, 0.5) is 15.2 Å². The first kappa shape index (κ1) is 20.2. The number of thioether (sulfide) groups is 1. The Hall–Kier alpha value is -3.11. The average Bonchev–Trinajstić information content (AvgIpc) is 3.38. The summed E-state index contributed by atoms with van der Waals surface area (Å²) in [5.41, 5.74) is 2.96. The molecular formula is C20H17FN6OS2. The van der Waals surface area contributed by atoms with Crippen LogP contribution in [0.15, 0.2) is 59.1 Å². The van der Waals surface area contributed by atoms with Crippen LogP contribution in [0.25, 0.3) is 5.69 Å². The first-order valence-electron chi connectivity index (χ1n) is 9.01. The summed E-state index contributed by atoms with van der Waals surface area (Å²) in [5, 5.41) is 14.8. The van der Waals surface area contributed by atoms with Crippen molar-refractivity contribution in [1.29, 1.82) is 0 Å². The Kier molecular flexibility index (Phi) is 5.86. The van der Waals surface area contributed by atoms with Crippen molar-refractivity contribution < 1.29 is 9.18 Å². The van der Waals surface area contributed by atoms with Crippen molar-refractivity contribution in [1.82, 2.24) is 25.2 Å². The van der Waals surface area contributed by atoms with Gasteiger partial charge in [-0.15, -0.1) is 16.4 Å². The molecule has 10 heteroatoms. The van der Waals surface area contributed by atoms with E-state index in [-0.39, 0.29) is 11.6 Å². The number of hydrogen-bond acceptors (Lipinski definition) is 7. The van der Waals surface area contributed by atoms with E-state index in [0.717, 1.165) is 16.9 Å². The quantitative estimate of drug-likeness (QED) is 0.410. The maximum absolute atomic E-state index is 14.2. The molecule has 0 fully saturated rings. The molecular weight excluding hydrogens is 423 g/mol. The second-order valence-electron chi connectivity index (χ2n) is 6.42. The van der Waals surface area contributed by atoms with Crippen molar-refractivity contribution in [3.63, 3.8) is 0 Å². The number of hydrogen-bond donors (Lipinski definition) is 0. The average molecular weight is 441 g/mol. The molecule has 0 radical (unpaired) electrons. The van der Waals surface area contributed by atoms with E-state index >= 15 is 0 Å². The Balaban J connectivity index is 1.52. The van der Waals surface area contributed by atoms with Gasteiger partial charge in [-0.1, -0.05) is 41.6 Å². The van der Waals surface area contributed by atoms with Gasteiger partial charge >= 0.3 is 0 Å². The third-order valence-corrected chi connectivity index (χ3v) is 6.04. The number of rotatable bonds is 6. The van der Waals surface area contributed by atoms with Gasteiger partial charge in [0.1, 0.15) is 5.82 Å². The third kappa shape index (κ3) is 4.24. The van der Waals surface area contributed by atoms with Crippen LogP contribution in [0.1, 0.15) is 18.2 Å². The zero-order valence-corrected chi connectivity index (χ0v) is 17.8. The van der Waals surface area contributed by atoms with Crippen molar-refractivity contribution in [2.24, 2.45) is 0 Å². The highest BCUT2D eigenvalue weighted by Gasteiger charge is 2.21. The number of tetrazole rings is 1. The molecule has 0 aliphatic carbocycles. The Labute approximate surface area is 180 Å². The number of aromatic nitrogens is 5. The summed E-state index contributed by atoms with van der Waals surface area (Å²) in [6, 6.07) is 14.0. The van der Waals surface area contributed by atoms with Crippen LogP contribution < -0.4 is 4.90 Å². The summed E-state index contributed by atoms with van der Waals surface area (Å²) in [5.74, 6) is -0.278. The number of thiazole rings is 1. The fourth-order valence-corrected chi connectivity index (χ4v) is 4.53. The SMILES string of the molecule is CC(=O)N(c1nc(CSc2nnnn2-c2ccc(C)cc2)cs1)c1ccccc1F. The highest BCUT2D eigenvalue weighted by molar-refractivity contribution is 7.98. The van der Waals surface area contributed by atoms with E-state index in [1.165, 1.54) is 41.0 Å². The van der Waals surface area contributed by atoms with Crippen molar-refractivity contribution >= 4 is 39.8 Å². The first-order valence-corrected chi connectivity index (χ1v) is 10.9. The number of aryl methyl sites for hydroxylation is 1. The van der Waals surface area contributed by atoms with Crippen LogP contribution in [-0.4, -0.2) is 31.1 Å². The van der Waals surface area contributed by atoms with Crippen LogP contribution in [0.5, 0.6) is 0 Å². The second kappa shape index (κ2) is 8.72. The number of benzene rings is 2. The highest BCUT2D eigenvalue weighted by Crippen LogP contribution is 2.32. The van der Waals surface area contributed by atoms with Crippen LogP contribution in [0.2, 0.25) is 0 Å². The molecule has 0 unspecified atom stereocenters. The van der Waals surface area contributed by atoms with Gasteiger partial charge in [0.25, 0.3) is 0 Å². The fourth-order valence-electron chi connectivity index (χ4n) is 2.76. The molecule has 7 nitrogen and oxygen atoms in total. The second-order valence-corrected chi connectivity index (χ2v) is 8.20. The zero-order chi connectivity index (χ0) is 21.1. The molecule has 0 atom stereocenters. The van der Waals surface area contributed by atoms with E-state index < -0.39 is 5.82 Å². The summed E-state index contributed by atoms with van der Waals surface area (Å²) < 4.78 is 15.9. The number of nitrogens with zero attached hydrogens (tertiary/aromatic N) is 6. The zero-order valence-electron chi connectivity index (χ0n) is 16.2. The highest BCUT2D eigenvalue weighted by atomic mass is 32.2. The van der Waals surface area contributed by atoms with Crippen molar-refractivity contribution in [3.8, 4) is 5.69 Å². The van der Waals surface area contributed by atoms with Gasteiger partial charge in [0, 0.05) is 18.1 Å². The summed E-state index contributed by atoms with van der Waals surface area (Å²) in [7, 11) is 0. The fraction of sp³-hybridized carbons (Fsp3) is 0.150. The summed E-state index contributed by atoms with van der Waals surface area (Å²) in [6.07, 6.45) is 0. The molecule has 1 amide bonds. The van der Waals surface area contributed by atoms with Crippen molar-refractivity contribution in [2.45, 2.75) is 24.8 Å². The number of halogens is 1. The van der Waals surface area contributed by atoms with Crippen molar-refractivity contribution in [2.75, 3.05) is 4.90 Å². The van der Waals surface area contributed by atoms with E-state index in [0.29, 0.717) is 16.0 Å². The number of carbonyl (C=O) groups excluding carboxylic acids is 1. The van der Waals surface area contributed by atoms with Crippen molar-refractivity contribution in [3.05, 3.63) is 71.0 Å². The van der Waals surface area contributed by atoms with Crippen LogP contribution >= 0.6 is 23.1 Å². The minimum absolute atomic E-state index is 0.182. The van der Waals surface area contributed by atoms with Gasteiger partial charge in [0.15, 0.2) is 5.13 Å². The molecule has 4 rings (SSSR count). The molecule has 2 heterocycles. The Morgan fingerprint density at radius 3 is 2.70 bits per heavy atom. The van der Waals surface area contributed by atoms with Gasteiger partial charge in [-0.25, -0.2) is 9.37 Å². The van der Waals surface area contributed by atoms with E-state index in [4.69, 9.17) is 0 Å². The number of amides is 1.